The van der Waals surface area contributed by atoms with Crippen LogP contribution in [-0.2, 0) is 0 Å². The summed E-state index contributed by atoms with van der Waals surface area (Å²) in [6, 6.07) is 11.0. The Bertz CT molecular complexity index is 795. The van der Waals surface area contributed by atoms with Gasteiger partial charge in [-0.3, -0.25) is 9.78 Å². The molecule has 0 radical (unpaired) electrons. The van der Waals surface area contributed by atoms with Crippen molar-refractivity contribution in [3.05, 3.63) is 58.6 Å². The highest BCUT2D eigenvalue weighted by atomic mass is 79.9. The van der Waals surface area contributed by atoms with Crippen molar-refractivity contribution in [1.29, 1.82) is 0 Å². The van der Waals surface area contributed by atoms with Crippen molar-refractivity contribution < 1.29 is 9.21 Å². The van der Waals surface area contributed by atoms with E-state index < -0.39 is 0 Å². The summed E-state index contributed by atoms with van der Waals surface area (Å²) < 4.78 is 5.77. The monoisotopic (exact) mass is 330 g/mol. The number of aromatic nitrogens is 1. The molecule has 1 amide bonds. The van der Waals surface area contributed by atoms with Gasteiger partial charge in [0.15, 0.2) is 10.4 Å². The van der Waals surface area contributed by atoms with Crippen LogP contribution in [0.1, 0.15) is 16.1 Å². The fraction of sp³-hybridized carbons (Fsp3) is 0.0667. The normalized spacial score (nSPS) is 10.7. The number of nitrogens with zero attached hydrogens (tertiary/aromatic N) is 1. The van der Waals surface area contributed by atoms with Crippen LogP contribution < -0.4 is 5.32 Å². The number of rotatable bonds is 2. The molecule has 4 nitrogen and oxygen atoms in total. The van der Waals surface area contributed by atoms with Crippen LogP contribution in [0.4, 0.5) is 5.69 Å². The Balaban J connectivity index is 1.98. The highest BCUT2D eigenvalue weighted by Gasteiger charge is 2.12. The fourth-order valence-corrected chi connectivity index (χ4v) is 2.30. The number of benzene rings is 1. The molecule has 0 aliphatic rings. The minimum Gasteiger partial charge on any atom is -0.444 e. The maximum Gasteiger partial charge on any atom is 0.291 e. The molecule has 0 atom stereocenters. The first-order valence-electron chi connectivity index (χ1n) is 6.05. The van der Waals surface area contributed by atoms with Gasteiger partial charge in [-0.25, -0.2) is 0 Å². The maximum absolute atomic E-state index is 12.1. The third-order valence-corrected chi connectivity index (χ3v) is 3.37. The summed E-state index contributed by atoms with van der Waals surface area (Å²) in [6.45, 7) is 2.00. The van der Waals surface area contributed by atoms with E-state index in [1.165, 1.54) is 0 Å². The van der Waals surface area contributed by atoms with Crippen molar-refractivity contribution >= 4 is 38.4 Å². The largest absolute Gasteiger partial charge is 0.444 e. The molecule has 0 saturated heterocycles. The van der Waals surface area contributed by atoms with E-state index in [9.17, 15) is 4.79 Å². The first kappa shape index (κ1) is 12.9. The molecule has 3 rings (SSSR count). The summed E-state index contributed by atoms with van der Waals surface area (Å²) in [5.74, 6) is -0.0285. The Kier molecular flexibility index (Phi) is 3.28. The molecule has 0 aliphatic heterocycles. The van der Waals surface area contributed by atoms with E-state index in [1.54, 1.807) is 24.4 Å². The van der Waals surface area contributed by atoms with E-state index in [0.717, 1.165) is 22.2 Å². The molecular weight excluding hydrogens is 320 g/mol. The van der Waals surface area contributed by atoms with Crippen LogP contribution in [0.2, 0.25) is 0 Å². The third-order valence-electron chi connectivity index (χ3n) is 2.94. The van der Waals surface area contributed by atoms with Crippen molar-refractivity contribution in [3.63, 3.8) is 0 Å². The minimum absolute atomic E-state index is 0.259. The van der Waals surface area contributed by atoms with Gasteiger partial charge >= 0.3 is 0 Å². The van der Waals surface area contributed by atoms with Gasteiger partial charge in [0.2, 0.25) is 0 Å². The van der Waals surface area contributed by atoms with Gasteiger partial charge in [0.05, 0.1) is 11.2 Å². The standard InChI is InChI=1S/C15H11BrN2O2/c1-9-2-3-11-10(8-9)12(6-7-17-11)18-15(19)13-4-5-14(16)20-13/h2-8H,1H3,(H,17,18,19). The first-order valence-corrected chi connectivity index (χ1v) is 6.85. The lowest BCUT2D eigenvalue weighted by atomic mass is 10.1. The number of furan rings is 1. The molecule has 0 spiro atoms. The van der Waals surface area contributed by atoms with E-state index in [2.05, 4.69) is 26.2 Å². The van der Waals surface area contributed by atoms with E-state index in [1.807, 2.05) is 25.1 Å². The average molecular weight is 331 g/mol. The van der Waals surface area contributed by atoms with Gasteiger partial charge in [-0.05, 0) is 53.2 Å². The molecule has 0 bridgehead atoms. The van der Waals surface area contributed by atoms with Crippen LogP contribution in [0.5, 0.6) is 0 Å². The zero-order valence-corrected chi connectivity index (χ0v) is 12.3. The number of nitrogens with one attached hydrogen (secondary N) is 1. The maximum atomic E-state index is 12.1. The summed E-state index contributed by atoms with van der Waals surface area (Å²) in [6.07, 6.45) is 1.67. The molecule has 20 heavy (non-hydrogen) atoms. The Hall–Kier alpha value is -2.14. The van der Waals surface area contributed by atoms with Crippen LogP contribution in [0, 0.1) is 6.92 Å². The second-order valence-corrected chi connectivity index (χ2v) is 5.22. The highest BCUT2D eigenvalue weighted by Crippen LogP contribution is 2.23. The second-order valence-electron chi connectivity index (χ2n) is 4.44. The summed E-state index contributed by atoms with van der Waals surface area (Å²) in [5.41, 5.74) is 2.67. The number of pyridine rings is 1. The van der Waals surface area contributed by atoms with Gasteiger partial charge in [0.1, 0.15) is 0 Å². The number of hydrogen-bond acceptors (Lipinski definition) is 3. The molecule has 5 heteroatoms. The summed E-state index contributed by atoms with van der Waals surface area (Å²) >= 11 is 3.18. The number of hydrogen-bond donors (Lipinski definition) is 1. The second kappa shape index (κ2) is 5.09. The number of carbonyl (C=O) groups is 1. The number of anilines is 1. The molecule has 3 aromatic rings. The molecule has 100 valence electrons. The van der Waals surface area contributed by atoms with Crippen LogP contribution in [0.3, 0.4) is 0 Å². The van der Waals surface area contributed by atoms with Crippen molar-refractivity contribution in [2.45, 2.75) is 6.92 Å². The molecule has 0 fully saturated rings. The molecule has 1 aromatic carbocycles. The van der Waals surface area contributed by atoms with Crippen LogP contribution in [0.25, 0.3) is 10.9 Å². The zero-order valence-electron chi connectivity index (χ0n) is 10.7. The Morgan fingerprint density at radius 2 is 2.10 bits per heavy atom. The molecule has 0 unspecified atom stereocenters. The van der Waals surface area contributed by atoms with Gasteiger partial charge in [-0.15, -0.1) is 0 Å². The number of aryl methyl sites for hydroxylation is 1. The predicted octanol–water partition coefficient (Wildman–Crippen LogP) is 4.15. The smallest absolute Gasteiger partial charge is 0.291 e. The van der Waals surface area contributed by atoms with E-state index in [-0.39, 0.29) is 11.7 Å². The van der Waals surface area contributed by atoms with Gasteiger partial charge in [0.25, 0.3) is 5.91 Å². The predicted molar refractivity (Wildman–Crippen MR) is 80.8 cm³/mol. The molecule has 0 saturated carbocycles. The lowest BCUT2D eigenvalue weighted by molar-refractivity contribution is 0.0995. The minimum atomic E-state index is -0.287. The summed E-state index contributed by atoms with van der Waals surface area (Å²) in [4.78, 5) is 16.4. The molecule has 2 heterocycles. The highest BCUT2D eigenvalue weighted by molar-refractivity contribution is 9.10. The number of amides is 1. The van der Waals surface area contributed by atoms with Crippen molar-refractivity contribution in [2.24, 2.45) is 0 Å². The van der Waals surface area contributed by atoms with Gasteiger partial charge in [-0.2, -0.15) is 0 Å². The Labute approximate surface area is 123 Å². The van der Waals surface area contributed by atoms with Gasteiger partial charge < -0.3 is 9.73 Å². The van der Waals surface area contributed by atoms with Gasteiger partial charge in [-0.1, -0.05) is 11.6 Å². The zero-order chi connectivity index (χ0) is 14.1. The quantitative estimate of drug-likeness (QED) is 0.767. The lowest BCUT2D eigenvalue weighted by Gasteiger charge is -2.07. The van der Waals surface area contributed by atoms with Crippen LogP contribution in [-0.4, -0.2) is 10.9 Å². The van der Waals surface area contributed by atoms with Crippen LogP contribution in [0.15, 0.2) is 51.7 Å². The SMILES string of the molecule is Cc1ccc2nccc(NC(=O)c3ccc(Br)o3)c2c1. The lowest BCUT2D eigenvalue weighted by Crippen LogP contribution is -2.11. The van der Waals surface area contributed by atoms with Crippen molar-refractivity contribution in [3.8, 4) is 0 Å². The molecule has 2 aromatic heterocycles. The Morgan fingerprint density at radius 1 is 1.25 bits per heavy atom. The van der Waals surface area contributed by atoms with E-state index >= 15 is 0 Å². The number of fused-ring (bicyclic) bond motifs is 1. The first-order chi connectivity index (χ1) is 9.63. The summed E-state index contributed by atoms with van der Waals surface area (Å²) in [5, 5.41) is 3.76. The van der Waals surface area contributed by atoms with E-state index in [4.69, 9.17) is 4.42 Å². The van der Waals surface area contributed by atoms with Gasteiger partial charge in [0, 0.05) is 11.6 Å². The van der Waals surface area contributed by atoms with Crippen molar-refractivity contribution in [1.82, 2.24) is 4.98 Å². The average Bonchev–Trinajstić information content (AvgIpc) is 2.86. The fourth-order valence-electron chi connectivity index (χ4n) is 1.99. The third kappa shape index (κ3) is 2.44. The van der Waals surface area contributed by atoms with Crippen molar-refractivity contribution in [2.75, 3.05) is 5.32 Å². The topological polar surface area (TPSA) is 55.1 Å². The van der Waals surface area contributed by atoms with Crippen LogP contribution >= 0.6 is 15.9 Å². The summed E-state index contributed by atoms with van der Waals surface area (Å²) in [7, 11) is 0. The molecular formula is C15H11BrN2O2. The number of halogens is 1. The molecule has 0 aliphatic carbocycles. The molecule has 1 N–H and O–H groups in total. The number of carbonyl (C=O) groups excluding carboxylic acids is 1. The Morgan fingerprint density at radius 3 is 2.85 bits per heavy atom. The van der Waals surface area contributed by atoms with E-state index in [0.29, 0.717) is 4.67 Å².